The lowest BCUT2D eigenvalue weighted by Gasteiger charge is -2.14. The van der Waals surface area contributed by atoms with Crippen molar-refractivity contribution in [3.63, 3.8) is 0 Å². The van der Waals surface area contributed by atoms with Gasteiger partial charge in [0.15, 0.2) is 0 Å². The van der Waals surface area contributed by atoms with Crippen LogP contribution >= 0.6 is 0 Å². The zero-order valence-electron chi connectivity index (χ0n) is 12.5. The van der Waals surface area contributed by atoms with Crippen molar-refractivity contribution in [3.8, 4) is 0 Å². The van der Waals surface area contributed by atoms with E-state index < -0.39 is 0 Å². The van der Waals surface area contributed by atoms with Crippen LogP contribution in [0.15, 0.2) is 54.6 Å². The summed E-state index contributed by atoms with van der Waals surface area (Å²) in [7, 11) is 0. The van der Waals surface area contributed by atoms with E-state index in [1.54, 1.807) is 0 Å². The Labute approximate surface area is 125 Å². The van der Waals surface area contributed by atoms with Gasteiger partial charge >= 0.3 is 0 Å². The zero-order valence-corrected chi connectivity index (χ0v) is 12.5. The Hall–Kier alpha value is -2.34. The lowest BCUT2D eigenvalue weighted by molar-refractivity contribution is 1.27. The van der Waals surface area contributed by atoms with Crippen molar-refractivity contribution >= 4 is 27.6 Å². The molecule has 3 aromatic rings. The number of fused-ring (bicyclic) bond motifs is 3. The molecule has 0 bridgehead atoms. The quantitative estimate of drug-likeness (QED) is 0.457. The maximum Gasteiger partial charge on any atom is -0.00882 e. The van der Waals surface area contributed by atoms with Crippen LogP contribution in [0.2, 0.25) is 0 Å². The second-order valence-corrected chi connectivity index (χ2v) is 5.88. The number of aryl methyl sites for hydroxylation is 2. The van der Waals surface area contributed by atoms with Crippen molar-refractivity contribution in [2.24, 2.45) is 0 Å². The molecule has 21 heavy (non-hydrogen) atoms. The van der Waals surface area contributed by atoms with Crippen LogP contribution in [-0.2, 0) is 6.42 Å². The monoisotopic (exact) mass is 270 g/mol. The molecule has 102 valence electrons. The van der Waals surface area contributed by atoms with E-state index in [0.29, 0.717) is 0 Å². The average molecular weight is 270 g/mol. The van der Waals surface area contributed by atoms with Crippen LogP contribution in [0.1, 0.15) is 22.3 Å². The number of hydrogen-bond donors (Lipinski definition) is 0. The maximum atomic E-state index is 2.39. The van der Waals surface area contributed by atoms with E-state index in [1.807, 2.05) is 0 Å². The predicted octanol–water partition coefficient (Wildman–Crippen LogP) is 5.74. The Morgan fingerprint density at radius 1 is 0.762 bits per heavy atom. The molecule has 0 amide bonds. The molecule has 0 heteroatoms. The third kappa shape index (κ3) is 1.83. The number of rotatable bonds is 0. The first kappa shape index (κ1) is 12.4. The van der Waals surface area contributed by atoms with Gasteiger partial charge in [0.25, 0.3) is 0 Å². The van der Waals surface area contributed by atoms with Gasteiger partial charge in [-0.1, -0.05) is 48.6 Å². The zero-order chi connectivity index (χ0) is 14.4. The highest BCUT2D eigenvalue weighted by molar-refractivity contribution is 6.06. The first-order valence-electron chi connectivity index (χ1n) is 7.53. The highest BCUT2D eigenvalue weighted by Crippen LogP contribution is 2.34. The van der Waals surface area contributed by atoms with Gasteiger partial charge in [-0.25, -0.2) is 0 Å². The van der Waals surface area contributed by atoms with E-state index in [9.17, 15) is 0 Å². The summed E-state index contributed by atoms with van der Waals surface area (Å²) in [6, 6.07) is 13.5. The summed E-state index contributed by atoms with van der Waals surface area (Å²) in [5.41, 5.74) is 5.56. The Morgan fingerprint density at radius 2 is 1.43 bits per heavy atom. The molecule has 0 aromatic heterocycles. The summed E-state index contributed by atoms with van der Waals surface area (Å²) in [6.45, 7) is 4.49. The van der Waals surface area contributed by atoms with Gasteiger partial charge in [-0.15, -0.1) is 0 Å². The summed E-state index contributed by atoms with van der Waals surface area (Å²) >= 11 is 0. The fourth-order valence-electron chi connectivity index (χ4n) is 3.47. The molecule has 0 heterocycles. The second kappa shape index (κ2) is 4.60. The Morgan fingerprint density at radius 3 is 2.14 bits per heavy atom. The first-order valence-corrected chi connectivity index (χ1v) is 7.53. The lowest BCUT2D eigenvalue weighted by atomic mass is 9.90. The molecular weight excluding hydrogens is 252 g/mol. The second-order valence-electron chi connectivity index (χ2n) is 5.88. The fourth-order valence-corrected chi connectivity index (χ4v) is 3.47. The third-order valence-corrected chi connectivity index (χ3v) is 4.68. The minimum Gasteiger partial charge on any atom is -0.0801 e. The molecule has 0 saturated carbocycles. The molecule has 0 radical (unpaired) electrons. The van der Waals surface area contributed by atoms with Crippen LogP contribution in [0.3, 0.4) is 0 Å². The van der Waals surface area contributed by atoms with E-state index in [-0.39, 0.29) is 0 Å². The minimum atomic E-state index is 1.02. The van der Waals surface area contributed by atoms with Crippen LogP contribution in [-0.4, -0.2) is 0 Å². The molecule has 3 aromatic carbocycles. The molecular formula is C21H18. The SMILES string of the molecule is Cc1c2ccccc2c(C)c2cc3c(cc12)C=CC=CC3. The van der Waals surface area contributed by atoms with E-state index >= 15 is 0 Å². The van der Waals surface area contributed by atoms with Crippen LogP contribution in [0.4, 0.5) is 0 Å². The molecule has 0 atom stereocenters. The number of allylic oxidation sites excluding steroid dienone is 3. The van der Waals surface area contributed by atoms with Gasteiger partial charge in [-0.2, -0.15) is 0 Å². The van der Waals surface area contributed by atoms with Crippen molar-refractivity contribution in [2.75, 3.05) is 0 Å². The number of hydrogen-bond acceptors (Lipinski definition) is 0. The summed E-state index contributed by atoms with van der Waals surface area (Å²) in [5.74, 6) is 0. The van der Waals surface area contributed by atoms with Crippen molar-refractivity contribution in [1.29, 1.82) is 0 Å². The van der Waals surface area contributed by atoms with E-state index in [2.05, 4.69) is 74.5 Å². The average Bonchev–Trinajstić information content (AvgIpc) is 2.76. The standard InChI is InChI=1S/C21H18/c1-14-18-10-6-7-11-19(18)15(2)21-13-17-9-5-3-4-8-16(17)12-20(14)21/h3-8,10-13H,9H2,1-2H3. The molecule has 0 spiro atoms. The van der Waals surface area contributed by atoms with Gasteiger partial charge in [0.05, 0.1) is 0 Å². The number of benzene rings is 3. The maximum absolute atomic E-state index is 2.39. The molecule has 0 aliphatic heterocycles. The van der Waals surface area contributed by atoms with Crippen molar-refractivity contribution in [1.82, 2.24) is 0 Å². The highest BCUT2D eigenvalue weighted by Gasteiger charge is 2.11. The van der Waals surface area contributed by atoms with Crippen molar-refractivity contribution in [2.45, 2.75) is 20.3 Å². The molecule has 1 aliphatic rings. The van der Waals surface area contributed by atoms with Gasteiger partial charge in [0.2, 0.25) is 0 Å². The summed E-state index contributed by atoms with van der Waals surface area (Å²) < 4.78 is 0. The molecule has 4 rings (SSSR count). The van der Waals surface area contributed by atoms with Crippen LogP contribution in [0, 0.1) is 13.8 Å². The summed E-state index contributed by atoms with van der Waals surface area (Å²) in [6.07, 6.45) is 9.75. The molecule has 0 fully saturated rings. The van der Waals surface area contributed by atoms with Gasteiger partial charge in [-0.05, 0) is 76.2 Å². The Balaban J connectivity index is 2.18. The Bertz CT molecular complexity index is 924. The molecule has 1 aliphatic carbocycles. The molecule has 0 unspecified atom stereocenters. The van der Waals surface area contributed by atoms with Crippen LogP contribution in [0.5, 0.6) is 0 Å². The topological polar surface area (TPSA) is 0 Å². The fraction of sp³-hybridized carbons (Fsp3) is 0.143. The third-order valence-electron chi connectivity index (χ3n) is 4.68. The molecule has 0 N–H and O–H groups in total. The normalized spacial score (nSPS) is 13.6. The first-order chi connectivity index (χ1) is 10.3. The van der Waals surface area contributed by atoms with Gasteiger partial charge in [0, 0.05) is 0 Å². The van der Waals surface area contributed by atoms with E-state index in [0.717, 1.165) is 6.42 Å². The minimum absolute atomic E-state index is 1.02. The van der Waals surface area contributed by atoms with Crippen LogP contribution < -0.4 is 0 Å². The summed E-state index contributed by atoms with van der Waals surface area (Å²) in [5, 5.41) is 5.53. The van der Waals surface area contributed by atoms with E-state index in [4.69, 9.17) is 0 Å². The molecule has 0 nitrogen and oxygen atoms in total. The van der Waals surface area contributed by atoms with Gasteiger partial charge in [0.1, 0.15) is 0 Å². The van der Waals surface area contributed by atoms with Crippen LogP contribution in [0.25, 0.3) is 27.6 Å². The Kier molecular flexibility index (Phi) is 2.71. The van der Waals surface area contributed by atoms with Crippen molar-refractivity contribution < 1.29 is 0 Å². The van der Waals surface area contributed by atoms with E-state index in [1.165, 1.54) is 43.8 Å². The van der Waals surface area contributed by atoms with Gasteiger partial charge < -0.3 is 0 Å². The largest absolute Gasteiger partial charge is 0.0801 e. The van der Waals surface area contributed by atoms with Crippen molar-refractivity contribution in [3.05, 3.63) is 76.9 Å². The molecule has 0 saturated heterocycles. The van der Waals surface area contributed by atoms with Gasteiger partial charge in [-0.3, -0.25) is 0 Å². The summed E-state index contributed by atoms with van der Waals surface area (Å²) in [4.78, 5) is 0. The smallest absolute Gasteiger partial charge is 0.00882 e. The predicted molar refractivity (Wildman–Crippen MR) is 92.8 cm³/mol. The highest BCUT2D eigenvalue weighted by atomic mass is 14.2. The lowest BCUT2D eigenvalue weighted by Crippen LogP contribution is -1.93.